The van der Waals surface area contributed by atoms with Crippen LogP contribution in [0.2, 0.25) is 0 Å². The highest BCUT2D eigenvalue weighted by atomic mass is 16.2. The highest BCUT2D eigenvalue weighted by Crippen LogP contribution is 2.22. The summed E-state index contributed by atoms with van der Waals surface area (Å²) in [5, 5.41) is 4.50. The Hall–Kier alpha value is -2.14. The topological polar surface area (TPSA) is 64.2 Å². The zero-order valence-corrected chi connectivity index (χ0v) is 15.2. The van der Waals surface area contributed by atoms with Crippen molar-refractivity contribution in [1.82, 2.24) is 14.7 Å². The fraction of sp³-hybridized carbons (Fsp3) is 0.500. The largest absolute Gasteiger partial charge is 0.338 e. The van der Waals surface area contributed by atoms with Gasteiger partial charge in [0.05, 0.1) is 24.0 Å². The van der Waals surface area contributed by atoms with Crippen LogP contribution in [0.25, 0.3) is 0 Å². The van der Waals surface area contributed by atoms with Gasteiger partial charge in [0.1, 0.15) is 0 Å². The van der Waals surface area contributed by atoms with E-state index in [0.29, 0.717) is 12.5 Å². The fourth-order valence-corrected chi connectivity index (χ4v) is 3.65. The molecule has 1 aliphatic rings. The predicted molar refractivity (Wildman–Crippen MR) is 99.4 cm³/mol. The molecule has 1 amide bonds. The summed E-state index contributed by atoms with van der Waals surface area (Å²) >= 11 is 0. The summed E-state index contributed by atoms with van der Waals surface area (Å²) in [6.07, 6.45) is 4.66. The first-order valence-corrected chi connectivity index (χ1v) is 9.23. The van der Waals surface area contributed by atoms with Crippen molar-refractivity contribution in [3.8, 4) is 0 Å². The lowest BCUT2D eigenvalue weighted by molar-refractivity contribution is 0.0659. The van der Waals surface area contributed by atoms with Crippen molar-refractivity contribution in [2.24, 2.45) is 11.7 Å². The van der Waals surface area contributed by atoms with E-state index in [1.54, 1.807) is 6.20 Å². The smallest absolute Gasteiger partial charge is 0.257 e. The third kappa shape index (κ3) is 3.93. The number of rotatable bonds is 5. The van der Waals surface area contributed by atoms with Crippen LogP contribution < -0.4 is 5.73 Å². The van der Waals surface area contributed by atoms with Crippen molar-refractivity contribution in [3.05, 3.63) is 53.3 Å². The molecule has 2 N–H and O–H groups in total. The summed E-state index contributed by atoms with van der Waals surface area (Å²) in [6, 6.07) is 10.4. The normalized spacial score (nSPS) is 19.0. The molecule has 1 fully saturated rings. The highest BCUT2D eigenvalue weighted by molar-refractivity contribution is 5.95. The third-order valence-electron chi connectivity index (χ3n) is 5.18. The van der Waals surface area contributed by atoms with Gasteiger partial charge in [-0.25, -0.2) is 0 Å². The lowest BCUT2D eigenvalue weighted by Gasteiger charge is -2.34. The molecule has 0 aliphatic carbocycles. The molecule has 0 bridgehead atoms. The molecule has 25 heavy (non-hydrogen) atoms. The summed E-state index contributed by atoms with van der Waals surface area (Å²) in [6.45, 7) is 6.38. The van der Waals surface area contributed by atoms with Crippen molar-refractivity contribution in [2.45, 2.75) is 45.7 Å². The standard InChI is InChI=1S/C20H28N4O/c1-3-19-18(12-22-24(19)13-16-8-5-4-6-9-16)20(25)23-11-7-10-17(14-23)15(2)21/h4-6,8-9,12,15,17H,3,7,10-11,13-14,21H2,1-2H3/t15-,17-/m0/s1. The first-order chi connectivity index (χ1) is 12.1. The van der Waals surface area contributed by atoms with E-state index in [4.69, 9.17) is 5.73 Å². The van der Waals surface area contributed by atoms with Gasteiger partial charge < -0.3 is 10.6 Å². The Morgan fingerprint density at radius 2 is 2.12 bits per heavy atom. The van der Waals surface area contributed by atoms with Gasteiger partial charge in [-0.2, -0.15) is 5.10 Å². The van der Waals surface area contributed by atoms with Crippen LogP contribution in [0.15, 0.2) is 36.5 Å². The summed E-state index contributed by atoms with van der Waals surface area (Å²) in [5.74, 6) is 0.489. The fourth-order valence-electron chi connectivity index (χ4n) is 3.65. The number of hydrogen-bond donors (Lipinski definition) is 1. The van der Waals surface area contributed by atoms with Crippen LogP contribution in [0.1, 0.15) is 48.3 Å². The zero-order valence-electron chi connectivity index (χ0n) is 15.2. The zero-order chi connectivity index (χ0) is 17.8. The minimum Gasteiger partial charge on any atom is -0.338 e. The molecule has 2 heterocycles. The van der Waals surface area contributed by atoms with Crippen molar-refractivity contribution >= 4 is 5.91 Å². The average Bonchev–Trinajstić information content (AvgIpc) is 3.04. The van der Waals surface area contributed by atoms with Crippen LogP contribution in [0.3, 0.4) is 0 Å². The summed E-state index contributed by atoms with van der Waals surface area (Å²) in [4.78, 5) is 15.0. The number of aromatic nitrogens is 2. The van der Waals surface area contributed by atoms with Crippen molar-refractivity contribution in [1.29, 1.82) is 0 Å². The van der Waals surface area contributed by atoms with E-state index in [1.165, 1.54) is 5.56 Å². The van der Waals surface area contributed by atoms with Crippen LogP contribution in [-0.2, 0) is 13.0 Å². The first-order valence-electron chi connectivity index (χ1n) is 9.23. The van der Waals surface area contributed by atoms with Gasteiger partial charge in [0, 0.05) is 19.1 Å². The molecule has 1 saturated heterocycles. The Balaban J connectivity index is 1.79. The quantitative estimate of drug-likeness (QED) is 0.910. The average molecular weight is 340 g/mol. The van der Waals surface area contributed by atoms with Crippen molar-refractivity contribution in [2.75, 3.05) is 13.1 Å². The maximum atomic E-state index is 13.0. The first kappa shape index (κ1) is 17.7. The molecule has 1 aliphatic heterocycles. The van der Waals surface area contributed by atoms with Crippen LogP contribution in [-0.4, -0.2) is 39.7 Å². The van der Waals surface area contributed by atoms with Crippen LogP contribution in [0.5, 0.6) is 0 Å². The molecule has 0 spiro atoms. The molecule has 0 saturated carbocycles. The van der Waals surface area contributed by atoms with E-state index in [-0.39, 0.29) is 11.9 Å². The molecule has 1 aromatic heterocycles. The Morgan fingerprint density at radius 3 is 2.80 bits per heavy atom. The molecular weight excluding hydrogens is 312 g/mol. The van der Waals surface area contributed by atoms with Crippen LogP contribution >= 0.6 is 0 Å². The molecule has 0 radical (unpaired) electrons. The van der Waals surface area contributed by atoms with Gasteiger partial charge in [-0.1, -0.05) is 37.3 Å². The minimum atomic E-state index is 0.0986. The molecule has 5 heteroatoms. The van der Waals surface area contributed by atoms with Gasteiger partial charge in [-0.05, 0) is 37.7 Å². The second-order valence-electron chi connectivity index (χ2n) is 7.01. The van der Waals surface area contributed by atoms with Gasteiger partial charge >= 0.3 is 0 Å². The summed E-state index contributed by atoms with van der Waals surface area (Å²) in [5.41, 5.74) is 9.00. The Labute approximate surface area is 149 Å². The summed E-state index contributed by atoms with van der Waals surface area (Å²) < 4.78 is 1.95. The highest BCUT2D eigenvalue weighted by Gasteiger charge is 2.28. The summed E-state index contributed by atoms with van der Waals surface area (Å²) in [7, 11) is 0. The second kappa shape index (κ2) is 7.83. The lowest BCUT2D eigenvalue weighted by atomic mass is 9.92. The Kier molecular flexibility index (Phi) is 5.53. The van der Waals surface area contributed by atoms with Gasteiger partial charge in [0.15, 0.2) is 0 Å². The number of carbonyl (C=O) groups is 1. The number of hydrogen-bond acceptors (Lipinski definition) is 3. The maximum Gasteiger partial charge on any atom is 0.257 e. The molecule has 5 nitrogen and oxygen atoms in total. The van der Waals surface area contributed by atoms with Gasteiger partial charge in [0.25, 0.3) is 5.91 Å². The van der Waals surface area contributed by atoms with Gasteiger partial charge in [0.2, 0.25) is 0 Å². The third-order valence-corrected chi connectivity index (χ3v) is 5.18. The van der Waals surface area contributed by atoms with Gasteiger partial charge in [-0.15, -0.1) is 0 Å². The number of amides is 1. The number of carbonyl (C=O) groups excluding carboxylic acids is 1. The molecule has 2 atom stereocenters. The SMILES string of the molecule is CCc1c(C(=O)N2CCC[C@H]([C@H](C)N)C2)cnn1Cc1ccccc1. The Morgan fingerprint density at radius 1 is 1.36 bits per heavy atom. The number of piperidine rings is 1. The number of nitrogens with zero attached hydrogens (tertiary/aromatic N) is 3. The van der Waals surface area contributed by atoms with E-state index in [0.717, 1.165) is 43.6 Å². The van der Waals surface area contributed by atoms with E-state index in [2.05, 4.69) is 24.2 Å². The Bertz CT molecular complexity index is 708. The van der Waals surface area contributed by atoms with E-state index < -0.39 is 0 Å². The van der Waals surface area contributed by atoms with Crippen LogP contribution in [0, 0.1) is 5.92 Å². The van der Waals surface area contributed by atoms with Crippen molar-refractivity contribution in [3.63, 3.8) is 0 Å². The molecule has 134 valence electrons. The molecule has 0 unspecified atom stereocenters. The number of likely N-dealkylation sites (tertiary alicyclic amines) is 1. The van der Waals surface area contributed by atoms with Gasteiger partial charge in [-0.3, -0.25) is 9.48 Å². The number of nitrogens with two attached hydrogens (primary N) is 1. The predicted octanol–water partition coefficient (Wildman–Crippen LogP) is 2.69. The van der Waals surface area contributed by atoms with Crippen molar-refractivity contribution < 1.29 is 4.79 Å². The monoisotopic (exact) mass is 340 g/mol. The molecule has 1 aromatic carbocycles. The maximum absolute atomic E-state index is 13.0. The van der Waals surface area contributed by atoms with E-state index >= 15 is 0 Å². The second-order valence-corrected chi connectivity index (χ2v) is 7.01. The van der Waals surface area contributed by atoms with E-state index in [1.807, 2.05) is 34.7 Å². The lowest BCUT2D eigenvalue weighted by Crippen LogP contribution is -2.45. The molecule has 2 aromatic rings. The van der Waals surface area contributed by atoms with Crippen LogP contribution in [0.4, 0.5) is 0 Å². The number of benzene rings is 1. The molecular formula is C20H28N4O. The molecule has 3 rings (SSSR count). The van der Waals surface area contributed by atoms with E-state index in [9.17, 15) is 4.79 Å². The minimum absolute atomic E-state index is 0.0986.